The van der Waals surface area contributed by atoms with Crippen molar-refractivity contribution in [3.8, 4) is 11.5 Å². The van der Waals surface area contributed by atoms with E-state index in [0.29, 0.717) is 22.9 Å². The van der Waals surface area contributed by atoms with E-state index in [1.165, 1.54) is 0 Å². The minimum atomic E-state index is -0.212. The number of carbonyl (C=O) groups excluding carboxylic acids is 1. The van der Waals surface area contributed by atoms with Gasteiger partial charge in [0.1, 0.15) is 18.1 Å². The molecule has 0 unspecified atom stereocenters. The zero-order chi connectivity index (χ0) is 19.1. The number of hydrogen-bond donors (Lipinski definition) is 1. The van der Waals surface area contributed by atoms with Gasteiger partial charge in [-0.2, -0.15) is 0 Å². The minimum Gasteiger partial charge on any atom is -0.496 e. The molecule has 0 fully saturated rings. The Morgan fingerprint density at radius 2 is 1.52 bits per heavy atom. The predicted molar refractivity (Wildman–Crippen MR) is 106 cm³/mol. The second-order valence-corrected chi connectivity index (χ2v) is 6.28. The summed E-state index contributed by atoms with van der Waals surface area (Å²) in [7, 11) is 1.61. The zero-order valence-electron chi connectivity index (χ0n) is 14.9. The molecule has 0 spiro atoms. The van der Waals surface area contributed by atoms with E-state index in [1.807, 2.05) is 54.6 Å². The first-order valence-corrected chi connectivity index (χ1v) is 8.92. The highest BCUT2D eigenvalue weighted by atomic mass is 35.5. The van der Waals surface area contributed by atoms with Crippen molar-refractivity contribution < 1.29 is 14.3 Å². The van der Waals surface area contributed by atoms with Gasteiger partial charge in [-0.1, -0.05) is 60.1 Å². The summed E-state index contributed by atoms with van der Waals surface area (Å²) in [5.41, 5.74) is 2.24. The van der Waals surface area contributed by atoms with Crippen molar-refractivity contribution in [2.75, 3.05) is 7.11 Å². The monoisotopic (exact) mass is 381 g/mol. The van der Waals surface area contributed by atoms with Crippen molar-refractivity contribution in [3.05, 3.63) is 94.5 Å². The summed E-state index contributed by atoms with van der Waals surface area (Å²) in [4.78, 5) is 12.7. The van der Waals surface area contributed by atoms with Gasteiger partial charge in [0.2, 0.25) is 0 Å². The Balaban J connectivity index is 1.69. The van der Waals surface area contributed by atoms with Gasteiger partial charge in [-0.15, -0.1) is 0 Å². The number of methoxy groups -OCH3 is 1. The van der Waals surface area contributed by atoms with Gasteiger partial charge in [-0.05, 0) is 24.3 Å². The molecule has 0 saturated carbocycles. The Hall–Kier alpha value is -2.98. The third kappa shape index (κ3) is 4.80. The van der Waals surface area contributed by atoms with Crippen LogP contribution in [0.25, 0.3) is 0 Å². The number of ether oxygens (including phenoxy) is 2. The number of carbonyl (C=O) groups is 1. The molecule has 5 heteroatoms. The number of amides is 1. The van der Waals surface area contributed by atoms with Gasteiger partial charge in [0, 0.05) is 22.7 Å². The van der Waals surface area contributed by atoms with Crippen LogP contribution in [0.2, 0.25) is 5.02 Å². The highest BCUT2D eigenvalue weighted by molar-refractivity contribution is 6.31. The molecule has 4 nitrogen and oxygen atoms in total. The molecule has 0 saturated heterocycles. The first-order valence-electron chi connectivity index (χ1n) is 8.54. The van der Waals surface area contributed by atoms with Crippen LogP contribution < -0.4 is 14.8 Å². The van der Waals surface area contributed by atoms with Crippen molar-refractivity contribution >= 4 is 17.5 Å². The van der Waals surface area contributed by atoms with Crippen LogP contribution in [0.5, 0.6) is 11.5 Å². The van der Waals surface area contributed by atoms with Crippen molar-refractivity contribution in [2.24, 2.45) is 0 Å². The summed E-state index contributed by atoms with van der Waals surface area (Å²) < 4.78 is 11.2. The third-order valence-electron chi connectivity index (χ3n) is 4.10. The molecule has 0 atom stereocenters. The fraction of sp³-hybridized carbons (Fsp3) is 0.136. The van der Waals surface area contributed by atoms with Gasteiger partial charge in [-0.25, -0.2) is 0 Å². The average Bonchev–Trinajstić information content (AvgIpc) is 2.72. The van der Waals surface area contributed by atoms with E-state index in [9.17, 15) is 4.79 Å². The summed E-state index contributed by atoms with van der Waals surface area (Å²) in [6.45, 7) is 0.651. The van der Waals surface area contributed by atoms with E-state index >= 15 is 0 Å². The molecule has 3 rings (SSSR count). The molecule has 3 aromatic rings. The number of para-hydroxylation sites is 2. The summed E-state index contributed by atoms with van der Waals surface area (Å²) in [5.74, 6) is 1.03. The molecule has 0 aromatic heterocycles. The van der Waals surface area contributed by atoms with Crippen LogP contribution in [0.3, 0.4) is 0 Å². The van der Waals surface area contributed by atoms with Gasteiger partial charge in [0.15, 0.2) is 0 Å². The minimum absolute atomic E-state index is 0.212. The van der Waals surface area contributed by atoms with E-state index in [-0.39, 0.29) is 12.5 Å². The average molecular weight is 382 g/mol. The molecular formula is C22H20ClNO3. The van der Waals surface area contributed by atoms with E-state index in [0.717, 1.165) is 16.9 Å². The van der Waals surface area contributed by atoms with E-state index in [1.54, 1.807) is 25.3 Å². The number of hydrogen-bond acceptors (Lipinski definition) is 3. The van der Waals surface area contributed by atoms with Crippen LogP contribution in [0.1, 0.15) is 21.5 Å². The fourth-order valence-corrected chi connectivity index (χ4v) is 2.86. The summed E-state index contributed by atoms with van der Waals surface area (Å²) >= 11 is 6.17. The molecule has 0 aliphatic carbocycles. The molecule has 0 heterocycles. The largest absolute Gasteiger partial charge is 0.496 e. The molecule has 0 bridgehead atoms. The summed E-state index contributed by atoms with van der Waals surface area (Å²) in [6.07, 6.45) is 0. The van der Waals surface area contributed by atoms with Crippen LogP contribution in [0.15, 0.2) is 72.8 Å². The Labute approximate surface area is 163 Å². The van der Waals surface area contributed by atoms with E-state index in [4.69, 9.17) is 21.1 Å². The first-order chi connectivity index (χ1) is 13.2. The van der Waals surface area contributed by atoms with Crippen molar-refractivity contribution in [3.63, 3.8) is 0 Å². The SMILES string of the molecule is COc1ccccc1CNC(=O)c1ccccc1OCc1ccccc1Cl. The van der Waals surface area contributed by atoms with Crippen molar-refractivity contribution in [2.45, 2.75) is 13.2 Å². The highest BCUT2D eigenvalue weighted by Gasteiger charge is 2.13. The molecule has 0 aliphatic heterocycles. The Bertz CT molecular complexity index is 927. The van der Waals surface area contributed by atoms with Crippen molar-refractivity contribution in [1.82, 2.24) is 5.32 Å². The number of rotatable bonds is 7. The second-order valence-electron chi connectivity index (χ2n) is 5.87. The quantitative estimate of drug-likeness (QED) is 0.636. The number of benzene rings is 3. The smallest absolute Gasteiger partial charge is 0.255 e. The summed E-state index contributed by atoms with van der Waals surface area (Å²) in [6, 6.07) is 22.2. The predicted octanol–water partition coefficient (Wildman–Crippen LogP) is 4.86. The lowest BCUT2D eigenvalue weighted by Crippen LogP contribution is -2.23. The molecule has 0 aliphatic rings. The number of halogens is 1. The molecule has 27 heavy (non-hydrogen) atoms. The van der Waals surface area contributed by atoms with Crippen LogP contribution >= 0.6 is 11.6 Å². The maximum Gasteiger partial charge on any atom is 0.255 e. The second kappa shape index (κ2) is 9.10. The highest BCUT2D eigenvalue weighted by Crippen LogP contribution is 2.22. The van der Waals surface area contributed by atoms with Crippen LogP contribution in [0.4, 0.5) is 0 Å². The molecular weight excluding hydrogens is 362 g/mol. The van der Waals surface area contributed by atoms with Crippen LogP contribution in [0, 0.1) is 0 Å². The normalized spacial score (nSPS) is 10.3. The van der Waals surface area contributed by atoms with Gasteiger partial charge < -0.3 is 14.8 Å². The van der Waals surface area contributed by atoms with Gasteiger partial charge in [0.05, 0.1) is 12.7 Å². The zero-order valence-corrected chi connectivity index (χ0v) is 15.7. The van der Waals surface area contributed by atoms with Crippen LogP contribution in [-0.2, 0) is 13.2 Å². The summed E-state index contributed by atoms with van der Waals surface area (Å²) in [5, 5.41) is 3.55. The topological polar surface area (TPSA) is 47.6 Å². The maximum absolute atomic E-state index is 12.7. The number of nitrogens with one attached hydrogen (secondary N) is 1. The third-order valence-corrected chi connectivity index (χ3v) is 4.47. The van der Waals surface area contributed by atoms with E-state index < -0.39 is 0 Å². The molecule has 1 N–H and O–H groups in total. The maximum atomic E-state index is 12.7. The fourth-order valence-electron chi connectivity index (χ4n) is 2.67. The lowest BCUT2D eigenvalue weighted by atomic mass is 10.1. The lowest BCUT2D eigenvalue weighted by Gasteiger charge is -2.13. The Morgan fingerprint density at radius 1 is 0.889 bits per heavy atom. The molecule has 0 radical (unpaired) electrons. The van der Waals surface area contributed by atoms with Gasteiger partial charge >= 0.3 is 0 Å². The Kier molecular flexibility index (Phi) is 6.34. The first kappa shape index (κ1) is 18.8. The van der Waals surface area contributed by atoms with Crippen LogP contribution in [-0.4, -0.2) is 13.0 Å². The lowest BCUT2D eigenvalue weighted by molar-refractivity contribution is 0.0946. The van der Waals surface area contributed by atoms with Gasteiger partial charge in [-0.3, -0.25) is 4.79 Å². The molecule has 3 aromatic carbocycles. The van der Waals surface area contributed by atoms with E-state index in [2.05, 4.69) is 5.32 Å². The molecule has 138 valence electrons. The van der Waals surface area contributed by atoms with Crippen molar-refractivity contribution in [1.29, 1.82) is 0 Å². The van der Waals surface area contributed by atoms with Gasteiger partial charge in [0.25, 0.3) is 5.91 Å². The standard InChI is InChI=1S/C22H20ClNO3/c1-26-20-12-6-3-8-16(20)14-24-22(25)18-10-4-7-13-21(18)27-15-17-9-2-5-11-19(17)23/h2-13H,14-15H2,1H3,(H,24,25). The molecule has 1 amide bonds. The Morgan fingerprint density at radius 3 is 2.26 bits per heavy atom.